The van der Waals surface area contributed by atoms with Crippen LogP contribution in [-0.2, 0) is 4.74 Å². The van der Waals surface area contributed by atoms with Gasteiger partial charge in [0.2, 0.25) is 0 Å². The Bertz CT molecular complexity index is 624. The van der Waals surface area contributed by atoms with Crippen LogP contribution in [0, 0.1) is 12.7 Å². The quantitative estimate of drug-likeness (QED) is 0.806. The standard InChI is InChI=1S/C13H11BrFNO3/c1-3-18-13(17)11-7(2)19-16-12(11)9-6-8(15)4-5-10(9)14/h4-6H,3H2,1-2H3. The van der Waals surface area contributed by atoms with E-state index in [9.17, 15) is 9.18 Å². The third-order valence-electron chi connectivity index (χ3n) is 2.53. The lowest BCUT2D eigenvalue weighted by Crippen LogP contribution is -2.06. The number of hydrogen-bond donors (Lipinski definition) is 0. The molecule has 0 fully saturated rings. The minimum Gasteiger partial charge on any atom is -0.462 e. The van der Waals surface area contributed by atoms with E-state index in [0.717, 1.165) is 0 Å². The Hall–Kier alpha value is -1.69. The molecule has 2 aromatic rings. The van der Waals surface area contributed by atoms with E-state index in [0.29, 0.717) is 15.8 Å². The molecule has 0 unspecified atom stereocenters. The predicted octanol–water partition coefficient (Wildman–Crippen LogP) is 3.73. The fourth-order valence-electron chi connectivity index (χ4n) is 1.68. The van der Waals surface area contributed by atoms with Gasteiger partial charge >= 0.3 is 5.97 Å². The van der Waals surface area contributed by atoms with Gasteiger partial charge in [0, 0.05) is 10.0 Å². The number of hydrogen-bond acceptors (Lipinski definition) is 4. The second kappa shape index (κ2) is 5.52. The Morgan fingerprint density at radius 2 is 2.26 bits per heavy atom. The molecule has 0 aliphatic heterocycles. The van der Waals surface area contributed by atoms with Crippen LogP contribution in [0.1, 0.15) is 23.0 Å². The van der Waals surface area contributed by atoms with E-state index in [1.165, 1.54) is 12.1 Å². The summed E-state index contributed by atoms with van der Waals surface area (Å²) in [6, 6.07) is 4.14. The highest BCUT2D eigenvalue weighted by Gasteiger charge is 2.24. The topological polar surface area (TPSA) is 52.3 Å². The Morgan fingerprint density at radius 1 is 1.53 bits per heavy atom. The second-order valence-electron chi connectivity index (χ2n) is 3.81. The molecule has 0 saturated carbocycles. The van der Waals surface area contributed by atoms with Crippen molar-refractivity contribution >= 4 is 21.9 Å². The third kappa shape index (κ3) is 2.68. The van der Waals surface area contributed by atoms with Gasteiger partial charge in [0.1, 0.15) is 22.8 Å². The van der Waals surface area contributed by atoms with Crippen molar-refractivity contribution in [1.29, 1.82) is 0 Å². The molecule has 0 amide bonds. The van der Waals surface area contributed by atoms with Gasteiger partial charge in [-0.05, 0) is 32.0 Å². The molecule has 0 spiro atoms. The molecular weight excluding hydrogens is 317 g/mol. The smallest absolute Gasteiger partial charge is 0.344 e. The van der Waals surface area contributed by atoms with E-state index in [2.05, 4.69) is 21.1 Å². The summed E-state index contributed by atoms with van der Waals surface area (Å²) in [5.41, 5.74) is 0.926. The monoisotopic (exact) mass is 327 g/mol. The number of aryl methyl sites for hydroxylation is 1. The number of halogens is 2. The van der Waals surface area contributed by atoms with E-state index in [1.54, 1.807) is 19.9 Å². The molecule has 0 atom stereocenters. The van der Waals surface area contributed by atoms with Gasteiger partial charge in [-0.25, -0.2) is 9.18 Å². The fourth-order valence-corrected chi connectivity index (χ4v) is 2.11. The van der Waals surface area contributed by atoms with Crippen LogP contribution in [0.2, 0.25) is 0 Å². The molecule has 0 radical (unpaired) electrons. The van der Waals surface area contributed by atoms with Crippen molar-refractivity contribution in [2.45, 2.75) is 13.8 Å². The molecule has 0 N–H and O–H groups in total. The zero-order valence-electron chi connectivity index (χ0n) is 10.4. The van der Waals surface area contributed by atoms with Gasteiger partial charge < -0.3 is 9.26 Å². The minimum absolute atomic E-state index is 0.216. The van der Waals surface area contributed by atoms with Gasteiger partial charge in [0.05, 0.1) is 6.61 Å². The van der Waals surface area contributed by atoms with E-state index in [1.807, 2.05) is 0 Å². The first-order valence-corrected chi connectivity index (χ1v) is 6.42. The number of carbonyl (C=O) groups excluding carboxylic acids is 1. The van der Waals surface area contributed by atoms with Crippen LogP contribution >= 0.6 is 15.9 Å². The summed E-state index contributed by atoms with van der Waals surface area (Å²) in [6.45, 7) is 3.56. The van der Waals surface area contributed by atoms with Gasteiger partial charge in [-0.15, -0.1) is 0 Å². The summed E-state index contributed by atoms with van der Waals surface area (Å²) >= 11 is 3.30. The summed E-state index contributed by atoms with van der Waals surface area (Å²) in [7, 11) is 0. The molecule has 4 nitrogen and oxygen atoms in total. The summed E-state index contributed by atoms with van der Waals surface area (Å²) < 4.78 is 23.9. The predicted molar refractivity (Wildman–Crippen MR) is 70.3 cm³/mol. The zero-order valence-corrected chi connectivity index (χ0v) is 12.0. The van der Waals surface area contributed by atoms with Gasteiger partial charge in [-0.1, -0.05) is 21.1 Å². The number of esters is 1. The van der Waals surface area contributed by atoms with Gasteiger partial charge in [0.15, 0.2) is 0 Å². The normalized spacial score (nSPS) is 10.5. The third-order valence-corrected chi connectivity index (χ3v) is 3.22. The van der Waals surface area contributed by atoms with Crippen molar-refractivity contribution < 1.29 is 18.4 Å². The highest BCUT2D eigenvalue weighted by Crippen LogP contribution is 2.32. The number of rotatable bonds is 3. The van der Waals surface area contributed by atoms with E-state index >= 15 is 0 Å². The Labute approximate surface area is 117 Å². The number of aromatic nitrogens is 1. The van der Waals surface area contributed by atoms with E-state index in [-0.39, 0.29) is 17.9 Å². The average Bonchev–Trinajstić information content (AvgIpc) is 2.74. The lowest BCUT2D eigenvalue weighted by Gasteiger charge is -2.04. The molecule has 19 heavy (non-hydrogen) atoms. The molecule has 0 saturated heterocycles. The molecule has 2 rings (SSSR count). The number of ether oxygens (including phenoxy) is 1. The van der Waals surface area contributed by atoms with Crippen molar-refractivity contribution in [3.8, 4) is 11.3 Å². The van der Waals surface area contributed by atoms with Crippen molar-refractivity contribution in [2.75, 3.05) is 6.61 Å². The van der Waals surface area contributed by atoms with Crippen LogP contribution in [-0.4, -0.2) is 17.7 Å². The maximum Gasteiger partial charge on any atom is 0.344 e. The molecule has 0 aliphatic carbocycles. The molecule has 1 aromatic carbocycles. The molecule has 0 aliphatic rings. The number of nitrogens with zero attached hydrogens (tertiary/aromatic N) is 1. The lowest BCUT2D eigenvalue weighted by atomic mass is 10.1. The van der Waals surface area contributed by atoms with Gasteiger partial charge in [-0.3, -0.25) is 0 Å². The Kier molecular flexibility index (Phi) is 3.99. The van der Waals surface area contributed by atoms with Crippen LogP contribution < -0.4 is 0 Å². The maximum atomic E-state index is 13.3. The zero-order chi connectivity index (χ0) is 14.0. The van der Waals surface area contributed by atoms with Crippen molar-refractivity contribution in [3.05, 3.63) is 39.8 Å². The van der Waals surface area contributed by atoms with Crippen molar-refractivity contribution in [3.63, 3.8) is 0 Å². The highest BCUT2D eigenvalue weighted by molar-refractivity contribution is 9.10. The SMILES string of the molecule is CCOC(=O)c1c(-c2cc(F)ccc2Br)noc1C. The van der Waals surface area contributed by atoms with E-state index < -0.39 is 11.8 Å². The Morgan fingerprint density at radius 3 is 2.95 bits per heavy atom. The summed E-state index contributed by atoms with van der Waals surface area (Å²) in [5.74, 6) is -0.620. The van der Waals surface area contributed by atoms with Crippen LogP contribution in [0.4, 0.5) is 4.39 Å². The van der Waals surface area contributed by atoms with Crippen LogP contribution in [0.3, 0.4) is 0 Å². The van der Waals surface area contributed by atoms with Crippen LogP contribution in [0.15, 0.2) is 27.2 Å². The molecule has 0 bridgehead atoms. The first-order valence-electron chi connectivity index (χ1n) is 5.63. The van der Waals surface area contributed by atoms with Crippen LogP contribution in [0.25, 0.3) is 11.3 Å². The van der Waals surface area contributed by atoms with Crippen molar-refractivity contribution in [1.82, 2.24) is 5.16 Å². The van der Waals surface area contributed by atoms with Gasteiger partial charge in [0.25, 0.3) is 0 Å². The Balaban J connectivity index is 2.57. The molecule has 1 aromatic heterocycles. The highest BCUT2D eigenvalue weighted by atomic mass is 79.9. The maximum absolute atomic E-state index is 13.3. The molecule has 1 heterocycles. The average molecular weight is 328 g/mol. The number of benzene rings is 1. The first-order chi connectivity index (χ1) is 9.04. The lowest BCUT2D eigenvalue weighted by molar-refractivity contribution is 0.0525. The van der Waals surface area contributed by atoms with Gasteiger partial charge in [-0.2, -0.15) is 0 Å². The summed E-state index contributed by atoms with van der Waals surface area (Å²) in [5, 5.41) is 3.82. The second-order valence-corrected chi connectivity index (χ2v) is 4.66. The molecule has 6 heteroatoms. The van der Waals surface area contributed by atoms with E-state index in [4.69, 9.17) is 9.26 Å². The van der Waals surface area contributed by atoms with Crippen molar-refractivity contribution in [2.24, 2.45) is 0 Å². The molecular formula is C13H11BrFNO3. The minimum atomic E-state index is -0.535. The molecule has 100 valence electrons. The number of carbonyl (C=O) groups is 1. The largest absolute Gasteiger partial charge is 0.462 e. The first kappa shape index (κ1) is 13.7. The fraction of sp³-hybridized carbons (Fsp3) is 0.231. The summed E-state index contributed by atoms with van der Waals surface area (Å²) in [4.78, 5) is 11.9. The summed E-state index contributed by atoms with van der Waals surface area (Å²) in [6.07, 6.45) is 0. The van der Waals surface area contributed by atoms with Crippen LogP contribution in [0.5, 0.6) is 0 Å².